The Hall–Kier alpha value is -3.46. The number of hydrogen-bond acceptors (Lipinski definition) is 3. The number of unbranched alkanes of at least 4 members (excludes halogenated alkanes) is 2. The maximum Gasteiger partial charge on any atom is 0.313 e. The Labute approximate surface area is 264 Å². The molecule has 236 valence electrons. The van der Waals surface area contributed by atoms with E-state index >= 15 is 0 Å². The van der Waals surface area contributed by atoms with Crippen LogP contribution in [-0.4, -0.2) is 11.9 Å². The van der Waals surface area contributed by atoms with Crippen molar-refractivity contribution in [2.45, 2.75) is 117 Å². The highest BCUT2D eigenvalue weighted by atomic mass is 16.6. The lowest BCUT2D eigenvalue weighted by molar-refractivity contribution is -0.159. The molecule has 0 aromatic rings. The highest BCUT2D eigenvalue weighted by Crippen LogP contribution is 2.05. The predicted octanol–water partition coefficient (Wildman–Crippen LogP) is 11.9. The third kappa shape index (κ3) is 34.6. The standard InChI is InChI=1S/C40H58O3/c1-3-5-7-9-11-13-15-17-19-21-23-25-27-29-31-33-35-37-39(41)43-40(42)38-36-34-32-30-28-26-24-22-20-18-16-14-12-10-8-6-4-2/h5-8,11-14,17-20,23-26,29-32H,3-4,9-10,15-16,21-22,27-28,33-38H2,1-2H3/b7-5-,8-6-,13-11-,14-12-,19-17-,20-18-,25-23-,26-24-,31-29-,32-30-. The van der Waals surface area contributed by atoms with Gasteiger partial charge in [-0.2, -0.15) is 0 Å². The molecule has 3 heteroatoms. The molecule has 0 aliphatic heterocycles. The highest BCUT2D eigenvalue weighted by molar-refractivity contribution is 5.85. The summed E-state index contributed by atoms with van der Waals surface area (Å²) in [5, 5.41) is 0. The molecule has 0 aliphatic rings. The Kier molecular flexibility index (Phi) is 31.9. The minimum Gasteiger partial charge on any atom is -0.393 e. The van der Waals surface area contributed by atoms with Crippen molar-refractivity contribution in [3.05, 3.63) is 122 Å². The van der Waals surface area contributed by atoms with E-state index in [4.69, 9.17) is 4.74 Å². The normalized spacial score (nSPS) is 13.2. The minimum absolute atomic E-state index is 0.273. The zero-order valence-corrected chi connectivity index (χ0v) is 27.1. The topological polar surface area (TPSA) is 43.4 Å². The summed E-state index contributed by atoms with van der Waals surface area (Å²) < 4.78 is 4.93. The van der Waals surface area contributed by atoms with E-state index in [-0.39, 0.29) is 12.8 Å². The van der Waals surface area contributed by atoms with Gasteiger partial charge in [0.2, 0.25) is 0 Å². The van der Waals surface area contributed by atoms with E-state index in [1.165, 1.54) is 0 Å². The summed E-state index contributed by atoms with van der Waals surface area (Å²) in [6, 6.07) is 0. The molecule has 43 heavy (non-hydrogen) atoms. The summed E-state index contributed by atoms with van der Waals surface area (Å²) in [5.41, 5.74) is 0. The van der Waals surface area contributed by atoms with E-state index < -0.39 is 11.9 Å². The number of rotatable bonds is 26. The van der Waals surface area contributed by atoms with Crippen LogP contribution in [0.25, 0.3) is 0 Å². The van der Waals surface area contributed by atoms with E-state index in [1.807, 2.05) is 0 Å². The van der Waals surface area contributed by atoms with Crippen molar-refractivity contribution in [1.82, 2.24) is 0 Å². The van der Waals surface area contributed by atoms with Gasteiger partial charge in [-0.3, -0.25) is 9.59 Å². The van der Waals surface area contributed by atoms with E-state index in [2.05, 4.69) is 135 Å². The third-order valence-electron chi connectivity index (χ3n) is 6.05. The molecule has 0 amide bonds. The van der Waals surface area contributed by atoms with Gasteiger partial charge in [-0.1, -0.05) is 135 Å². The first-order valence-corrected chi connectivity index (χ1v) is 16.4. The van der Waals surface area contributed by atoms with Crippen LogP contribution in [0.3, 0.4) is 0 Å². The minimum atomic E-state index is -0.424. The smallest absolute Gasteiger partial charge is 0.313 e. The maximum atomic E-state index is 11.9. The second-order valence-electron chi connectivity index (χ2n) is 10.0. The quantitative estimate of drug-likeness (QED) is 0.0438. The second kappa shape index (κ2) is 34.7. The average molecular weight is 587 g/mol. The van der Waals surface area contributed by atoms with Gasteiger partial charge in [-0.25, -0.2) is 0 Å². The van der Waals surface area contributed by atoms with Crippen LogP contribution in [0, 0.1) is 0 Å². The molecule has 0 rings (SSSR count). The summed E-state index contributed by atoms with van der Waals surface area (Å²) in [7, 11) is 0. The van der Waals surface area contributed by atoms with Gasteiger partial charge < -0.3 is 4.74 Å². The number of esters is 2. The van der Waals surface area contributed by atoms with Crippen molar-refractivity contribution >= 4 is 11.9 Å². The second-order valence-corrected chi connectivity index (χ2v) is 10.0. The Morgan fingerprint density at radius 1 is 0.372 bits per heavy atom. The Morgan fingerprint density at radius 3 is 0.860 bits per heavy atom. The lowest BCUT2D eigenvalue weighted by atomic mass is 10.2. The van der Waals surface area contributed by atoms with Crippen LogP contribution < -0.4 is 0 Å². The summed E-state index contributed by atoms with van der Waals surface area (Å²) in [4.78, 5) is 23.7. The summed E-state index contributed by atoms with van der Waals surface area (Å²) >= 11 is 0. The zero-order chi connectivity index (χ0) is 31.3. The van der Waals surface area contributed by atoms with Crippen LogP contribution in [0.5, 0.6) is 0 Å². The molecule has 0 radical (unpaired) electrons. The van der Waals surface area contributed by atoms with Gasteiger partial charge in [-0.05, 0) is 89.9 Å². The van der Waals surface area contributed by atoms with Crippen molar-refractivity contribution < 1.29 is 14.3 Å². The van der Waals surface area contributed by atoms with Crippen LogP contribution in [-0.2, 0) is 14.3 Å². The highest BCUT2D eigenvalue weighted by Gasteiger charge is 2.09. The molecule has 0 heterocycles. The Balaban J connectivity index is 3.67. The molecule has 0 spiro atoms. The third-order valence-corrected chi connectivity index (χ3v) is 6.05. The van der Waals surface area contributed by atoms with Crippen molar-refractivity contribution in [3.8, 4) is 0 Å². The molecule has 0 unspecified atom stereocenters. The molecular weight excluding hydrogens is 528 g/mol. The molecule has 0 fully saturated rings. The molecule has 0 saturated carbocycles. The van der Waals surface area contributed by atoms with Crippen LogP contribution in [0.1, 0.15) is 117 Å². The van der Waals surface area contributed by atoms with Crippen molar-refractivity contribution in [3.63, 3.8) is 0 Å². The van der Waals surface area contributed by atoms with Crippen molar-refractivity contribution in [2.75, 3.05) is 0 Å². The zero-order valence-electron chi connectivity index (χ0n) is 27.1. The number of ether oxygens (including phenoxy) is 1. The first-order valence-electron chi connectivity index (χ1n) is 16.4. The number of hydrogen-bond donors (Lipinski definition) is 0. The molecule has 0 N–H and O–H groups in total. The Bertz CT molecular complexity index is 886. The van der Waals surface area contributed by atoms with Gasteiger partial charge in [-0.15, -0.1) is 0 Å². The molecule has 3 nitrogen and oxygen atoms in total. The van der Waals surface area contributed by atoms with Crippen molar-refractivity contribution in [2.24, 2.45) is 0 Å². The first-order chi connectivity index (χ1) is 21.2. The molecule has 0 aliphatic carbocycles. The number of allylic oxidation sites excluding steroid dienone is 20. The van der Waals surface area contributed by atoms with Crippen LogP contribution in [0.15, 0.2) is 122 Å². The first kappa shape index (κ1) is 39.5. The van der Waals surface area contributed by atoms with Gasteiger partial charge in [0, 0.05) is 12.8 Å². The number of carbonyl (C=O) groups excluding carboxylic acids is 2. The fourth-order valence-electron chi connectivity index (χ4n) is 3.69. The summed E-state index contributed by atoms with van der Waals surface area (Å²) in [6.45, 7) is 4.29. The molecule has 0 aromatic heterocycles. The van der Waals surface area contributed by atoms with E-state index in [0.717, 1.165) is 77.0 Å². The van der Waals surface area contributed by atoms with E-state index in [0.29, 0.717) is 12.8 Å². The molecule has 0 bridgehead atoms. The summed E-state index contributed by atoms with van der Waals surface area (Å²) in [6.07, 6.45) is 56.7. The molecule has 0 saturated heterocycles. The molecule has 0 aromatic carbocycles. The fourth-order valence-corrected chi connectivity index (χ4v) is 3.69. The van der Waals surface area contributed by atoms with Crippen LogP contribution in [0.4, 0.5) is 0 Å². The SMILES string of the molecule is CC/C=C\C/C=C\C/C=C\C/C=C\C/C=C\CCCC(=O)OC(=O)CCC/C=C\C/C=C\C/C=C\C/C=C\C/C=C\CC. The largest absolute Gasteiger partial charge is 0.393 e. The lowest BCUT2D eigenvalue weighted by Crippen LogP contribution is -2.11. The monoisotopic (exact) mass is 586 g/mol. The lowest BCUT2D eigenvalue weighted by Gasteiger charge is -2.01. The van der Waals surface area contributed by atoms with E-state index in [9.17, 15) is 9.59 Å². The molecule has 0 atom stereocenters. The maximum absolute atomic E-state index is 11.9. The predicted molar refractivity (Wildman–Crippen MR) is 188 cm³/mol. The fraction of sp³-hybridized carbons (Fsp3) is 0.450. The van der Waals surface area contributed by atoms with Gasteiger partial charge in [0.25, 0.3) is 0 Å². The van der Waals surface area contributed by atoms with Crippen LogP contribution >= 0.6 is 0 Å². The van der Waals surface area contributed by atoms with Crippen LogP contribution in [0.2, 0.25) is 0 Å². The summed E-state index contributed by atoms with van der Waals surface area (Å²) in [5.74, 6) is -0.848. The van der Waals surface area contributed by atoms with Gasteiger partial charge in [0.05, 0.1) is 0 Å². The Morgan fingerprint density at radius 2 is 0.605 bits per heavy atom. The average Bonchev–Trinajstić information content (AvgIpc) is 3.00. The van der Waals surface area contributed by atoms with E-state index in [1.54, 1.807) is 0 Å². The number of carbonyl (C=O) groups is 2. The van der Waals surface area contributed by atoms with Crippen molar-refractivity contribution in [1.29, 1.82) is 0 Å². The molecular formula is C40H58O3. The van der Waals surface area contributed by atoms with Gasteiger partial charge >= 0.3 is 11.9 Å². The van der Waals surface area contributed by atoms with Gasteiger partial charge in [0.15, 0.2) is 0 Å². The van der Waals surface area contributed by atoms with Gasteiger partial charge in [0.1, 0.15) is 0 Å².